The van der Waals surface area contributed by atoms with E-state index in [9.17, 15) is 14.7 Å². The third-order valence-electron chi connectivity index (χ3n) is 5.10. The van der Waals surface area contributed by atoms with Crippen molar-refractivity contribution in [2.45, 2.75) is 6.04 Å². The molecule has 1 unspecified atom stereocenters. The second-order valence-corrected chi connectivity index (χ2v) is 7.67. The molecule has 0 bridgehead atoms. The topological polar surface area (TPSA) is 89.2 Å². The van der Waals surface area contributed by atoms with Crippen molar-refractivity contribution < 1.29 is 28.6 Å². The molecule has 1 aliphatic rings. The minimum absolute atomic E-state index is 0.141. The number of ether oxygens (including phenoxy) is 2. The molecule has 1 aliphatic heterocycles. The molecule has 2 heterocycles. The van der Waals surface area contributed by atoms with E-state index in [4.69, 9.17) is 37.1 Å². The molecule has 2 aromatic carbocycles. The van der Waals surface area contributed by atoms with Crippen LogP contribution in [0.3, 0.4) is 0 Å². The molecule has 1 fully saturated rings. The molecule has 0 aliphatic carbocycles. The number of amides is 1. The number of methoxy groups -OCH3 is 2. The highest BCUT2D eigenvalue weighted by Gasteiger charge is 2.48. The fourth-order valence-electron chi connectivity index (χ4n) is 3.59. The van der Waals surface area contributed by atoms with Gasteiger partial charge in [0.25, 0.3) is 11.7 Å². The fourth-order valence-corrected chi connectivity index (χ4v) is 3.89. The number of nitrogens with zero attached hydrogens (tertiary/aromatic N) is 1. The normalized spacial score (nSPS) is 17.6. The van der Waals surface area contributed by atoms with Gasteiger partial charge in [0.1, 0.15) is 17.6 Å². The highest BCUT2D eigenvalue weighted by molar-refractivity contribution is 6.51. The van der Waals surface area contributed by atoms with Gasteiger partial charge in [-0.3, -0.25) is 14.5 Å². The first-order valence-corrected chi connectivity index (χ1v) is 10.1. The lowest BCUT2D eigenvalue weighted by atomic mass is 9.99. The first-order chi connectivity index (χ1) is 15.4. The minimum atomic E-state index is -1.02. The second kappa shape index (κ2) is 8.61. The Morgan fingerprint density at radius 2 is 1.75 bits per heavy atom. The zero-order valence-electron chi connectivity index (χ0n) is 17.0. The van der Waals surface area contributed by atoms with Gasteiger partial charge in [0, 0.05) is 17.3 Å². The number of furan rings is 1. The van der Waals surface area contributed by atoms with Gasteiger partial charge in [-0.1, -0.05) is 23.2 Å². The molecule has 32 heavy (non-hydrogen) atoms. The van der Waals surface area contributed by atoms with Crippen LogP contribution in [0.4, 0.5) is 5.69 Å². The van der Waals surface area contributed by atoms with E-state index in [0.29, 0.717) is 22.9 Å². The molecule has 1 amide bonds. The number of ketones is 1. The van der Waals surface area contributed by atoms with Crippen LogP contribution < -0.4 is 14.4 Å². The van der Waals surface area contributed by atoms with E-state index in [-0.39, 0.29) is 21.2 Å². The summed E-state index contributed by atoms with van der Waals surface area (Å²) in [4.78, 5) is 27.4. The SMILES string of the molecule is COc1ccc(N2C(=O)C(=O)/C(=C(\O)c3ccc(Cl)c(Cl)c3)C2c2ccco2)cc1OC. The number of carbonyl (C=O) groups excluding carboxylic acids is 2. The third kappa shape index (κ3) is 3.59. The predicted molar refractivity (Wildman–Crippen MR) is 119 cm³/mol. The van der Waals surface area contributed by atoms with Crippen LogP contribution in [-0.2, 0) is 9.59 Å². The van der Waals surface area contributed by atoms with Crippen LogP contribution in [-0.4, -0.2) is 31.0 Å². The Hall–Kier alpha value is -3.42. The monoisotopic (exact) mass is 473 g/mol. The van der Waals surface area contributed by atoms with Crippen molar-refractivity contribution in [2.75, 3.05) is 19.1 Å². The second-order valence-electron chi connectivity index (χ2n) is 6.85. The van der Waals surface area contributed by atoms with Crippen molar-refractivity contribution >= 4 is 46.3 Å². The van der Waals surface area contributed by atoms with Crippen molar-refractivity contribution in [3.63, 3.8) is 0 Å². The number of halogens is 2. The highest BCUT2D eigenvalue weighted by atomic mass is 35.5. The van der Waals surface area contributed by atoms with E-state index in [1.807, 2.05) is 0 Å². The van der Waals surface area contributed by atoms with Crippen LogP contribution in [0.2, 0.25) is 10.0 Å². The van der Waals surface area contributed by atoms with Crippen molar-refractivity contribution in [3.05, 3.63) is 81.7 Å². The Morgan fingerprint density at radius 3 is 2.38 bits per heavy atom. The average Bonchev–Trinajstić information content (AvgIpc) is 3.41. The molecule has 0 saturated carbocycles. The van der Waals surface area contributed by atoms with Crippen LogP contribution in [0, 0.1) is 0 Å². The summed E-state index contributed by atoms with van der Waals surface area (Å²) in [5, 5.41) is 11.5. The van der Waals surface area contributed by atoms with Crippen LogP contribution in [0.5, 0.6) is 11.5 Å². The Kier molecular flexibility index (Phi) is 5.86. The summed E-state index contributed by atoms with van der Waals surface area (Å²) in [6, 6.07) is 11.4. The van der Waals surface area contributed by atoms with Crippen molar-refractivity contribution in [3.8, 4) is 11.5 Å². The van der Waals surface area contributed by atoms with Crippen LogP contribution in [0.1, 0.15) is 17.4 Å². The Bertz CT molecular complexity index is 1240. The number of rotatable bonds is 5. The molecule has 1 N–H and O–H groups in total. The van der Waals surface area contributed by atoms with Gasteiger partial charge in [-0.2, -0.15) is 0 Å². The molecule has 1 aromatic heterocycles. The number of hydrogen-bond acceptors (Lipinski definition) is 6. The predicted octanol–water partition coefficient (Wildman–Crippen LogP) is 5.23. The van der Waals surface area contributed by atoms with Gasteiger partial charge in [0.2, 0.25) is 0 Å². The van der Waals surface area contributed by atoms with E-state index < -0.39 is 23.5 Å². The molecule has 3 aromatic rings. The van der Waals surface area contributed by atoms with Crippen molar-refractivity contribution in [1.82, 2.24) is 0 Å². The van der Waals surface area contributed by atoms with Gasteiger partial charge in [0.05, 0.1) is 36.1 Å². The molecule has 164 valence electrons. The number of Topliss-reactive ketones (excluding diaryl/α,β-unsaturated/α-hetero) is 1. The van der Waals surface area contributed by atoms with Crippen LogP contribution in [0.15, 0.2) is 64.8 Å². The van der Waals surface area contributed by atoms with E-state index in [2.05, 4.69) is 0 Å². The quantitative estimate of drug-likeness (QED) is 0.310. The molecular formula is C23H17Cl2NO6. The number of carbonyl (C=O) groups is 2. The molecule has 4 rings (SSSR count). The van der Waals surface area contributed by atoms with Crippen molar-refractivity contribution in [1.29, 1.82) is 0 Å². The lowest BCUT2D eigenvalue weighted by Gasteiger charge is -2.24. The lowest BCUT2D eigenvalue weighted by molar-refractivity contribution is -0.132. The first-order valence-electron chi connectivity index (χ1n) is 9.39. The Balaban J connectivity index is 1.92. The first kappa shape index (κ1) is 21.8. The summed E-state index contributed by atoms with van der Waals surface area (Å²) in [5.74, 6) is -0.982. The summed E-state index contributed by atoms with van der Waals surface area (Å²) < 4.78 is 16.1. The van der Waals surface area contributed by atoms with Gasteiger partial charge in [0.15, 0.2) is 11.5 Å². The van der Waals surface area contributed by atoms with Crippen LogP contribution in [0.25, 0.3) is 5.76 Å². The highest BCUT2D eigenvalue weighted by Crippen LogP contribution is 2.44. The molecular weight excluding hydrogens is 457 g/mol. The summed E-state index contributed by atoms with van der Waals surface area (Å²) in [6.07, 6.45) is 1.42. The number of hydrogen-bond donors (Lipinski definition) is 1. The van der Waals surface area contributed by atoms with Crippen LogP contribution >= 0.6 is 23.2 Å². The van der Waals surface area contributed by atoms with Gasteiger partial charge in [-0.05, 0) is 42.5 Å². The molecule has 7 nitrogen and oxygen atoms in total. The maximum Gasteiger partial charge on any atom is 0.300 e. The number of aliphatic hydroxyl groups is 1. The minimum Gasteiger partial charge on any atom is -0.507 e. The van der Waals surface area contributed by atoms with E-state index in [0.717, 1.165) is 0 Å². The van der Waals surface area contributed by atoms with Gasteiger partial charge in [-0.25, -0.2) is 0 Å². The average molecular weight is 474 g/mol. The van der Waals surface area contributed by atoms with E-state index in [1.165, 1.54) is 43.6 Å². The number of benzene rings is 2. The summed E-state index contributed by atoms with van der Waals surface area (Å²) in [5.41, 5.74) is 0.457. The maximum absolute atomic E-state index is 13.1. The Morgan fingerprint density at radius 1 is 1.00 bits per heavy atom. The summed E-state index contributed by atoms with van der Waals surface area (Å²) in [6.45, 7) is 0. The zero-order chi connectivity index (χ0) is 23.0. The maximum atomic E-state index is 13.1. The van der Waals surface area contributed by atoms with Gasteiger partial charge < -0.3 is 19.0 Å². The van der Waals surface area contributed by atoms with E-state index in [1.54, 1.807) is 30.3 Å². The fraction of sp³-hybridized carbons (Fsp3) is 0.130. The smallest absolute Gasteiger partial charge is 0.300 e. The Labute approximate surface area is 193 Å². The molecule has 0 radical (unpaired) electrons. The van der Waals surface area contributed by atoms with Gasteiger partial charge >= 0.3 is 0 Å². The molecule has 0 spiro atoms. The largest absolute Gasteiger partial charge is 0.507 e. The number of anilines is 1. The van der Waals surface area contributed by atoms with Crippen molar-refractivity contribution in [2.24, 2.45) is 0 Å². The summed E-state index contributed by atoms with van der Waals surface area (Å²) in [7, 11) is 2.95. The van der Waals surface area contributed by atoms with E-state index >= 15 is 0 Å². The van der Waals surface area contributed by atoms with Gasteiger partial charge in [-0.15, -0.1) is 0 Å². The molecule has 9 heteroatoms. The number of aliphatic hydroxyl groups excluding tert-OH is 1. The molecule has 1 saturated heterocycles. The standard InChI is InChI=1S/C23H17Cl2NO6/c1-30-16-8-6-13(11-18(16)31-2)26-20(17-4-3-9-32-17)19(22(28)23(26)29)21(27)12-5-7-14(24)15(25)10-12/h3-11,20,27H,1-2H3/b21-19-. The zero-order valence-corrected chi connectivity index (χ0v) is 18.5. The summed E-state index contributed by atoms with van der Waals surface area (Å²) >= 11 is 12.0. The third-order valence-corrected chi connectivity index (χ3v) is 5.83. The molecule has 1 atom stereocenters. The lowest BCUT2D eigenvalue weighted by Crippen LogP contribution is -2.29.